The Morgan fingerprint density at radius 2 is 2.29 bits per heavy atom. The van der Waals surface area contributed by atoms with E-state index in [0.29, 0.717) is 0 Å². The first-order valence-electron chi connectivity index (χ1n) is 1.93. The molecule has 0 amide bonds. The summed E-state index contributed by atoms with van der Waals surface area (Å²) < 4.78 is 22.7. The Morgan fingerprint density at radius 3 is 2.43 bits per heavy atom. The molecule has 0 heterocycles. The molecule has 40 valence electrons. The van der Waals surface area contributed by atoms with Crippen LogP contribution < -0.4 is 0 Å². The summed E-state index contributed by atoms with van der Waals surface area (Å²) in [5.74, 6) is 4.26. The maximum absolute atomic E-state index is 11.6. The van der Waals surface area contributed by atoms with E-state index in [2.05, 4.69) is 5.92 Å². The Labute approximate surface area is 41.5 Å². The van der Waals surface area contributed by atoms with Crippen LogP contribution in [0.2, 0.25) is 0 Å². The molecule has 0 radical (unpaired) electrons. The lowest BCUT2D eigenvalue weighted by Crippen LogP contribution is -1.95. The highest BCUT2D eigenvalue weighted by Gasteiger charge is 1.95. The molecule has 0 N–H and O–H groups in total. The molecule has 0 rings (SSSR count). The monoisotopic (exact) mass is 104 g/mol. The largest absolute Gasteiger partial charge is 0.247 e. The first-order valence-corrected chi connectivity index (χ1v) is 1.93. The zero-order valence-electron chi connectivity index (χ0n) is 4.04. The highest BCUT2D eigenvalue weighted by molar-refractivity contribution is 5.01. The van der Waals surface area contributed by atoms with Gasteiger partial charge in [-0.2, -0.15) is 0 Å². The lowest BCUT2D eigenvalue weighted by Gasteiger charge is -1.84. The van der Waals surface area contributed by atoms with Gasteiger partial charge in [0.05, 0.1) is 0 Å². The lowest BCUT2D eigenvalue weighted by atomic mass is 10.4. The molecule has 0 aromatic rings. The van der Waals surface area contributed by atoms with Gasteiger partial charge in [-0.05, 0) is 6.92 Å². The molecule has 0 aliphatic heterocycles. The second-order valence-corrected chi connectivity index (χ2v) is 1.02. The zero-order valence-corrected chi connectivity index (χ0v) is 4.04. The minimum atomic E-state index is -1.58. The summed E-state index contributed by atoms with van der Waals surface area (Å²) in [7, 11) is 0. The van der Waals surface area contributed by atoms with E-state index in [4.69, 9.17) is 0 Å². The van der Waals surface area contributed by atoms with Crippen molar-refractivity contribution in [1.82, 2.24) is 0 Å². The van der Waals surface area contributed by atoms with Crippen molar-refractivity contribution >= 4 is 0 Å². The summed E-state index contributed by atoms with van der Waals surface area (Å²) in [6.45, 7) is 0.475. The highest BCUT2D eigenvalue weighted by Crippen LogP contribution is 1.86. The van der Waals surface area contributed by atoms with Crippen molar-refractivity contribution in [1.29, 1.82) is 0 Å². The van der Waals surface area contributed by atoms with Gasteiger partial charge in [-0.25, -0.2) is 8.78 Å². The van der Waals surface area contributed by atoms with Crippen LogP contribution in [0, 0.1) is 11.8 Å². The molecule has 1 unspecified atom stereocenters. The van der Waals surface area contributed by atoms with E-state index in [0.717, 1.165) is 0 Å². The van der Waals surface area contributed by atoms with E-state index in [-0.39, 0.29) is 0 Å². The molecule has 0 aliphatic carbocycles. The van der Waals surface area contributed by atoms with Crippen molar-refractivity contribution in [2.24, 2.45) is 0 Å². The average molecular weight is 104 g/mol. The summed E-state index contributed by atoms with van der Waals surface area (Å²) >= 11 is 0. The number of rotatable bonds is 1. The summed E-state index contributed by atoms with van der Waals surface area (Å²) in [5.41, 5.74) is 0. The molecule has 0 aromatic heterocycles. The van der Waals surface area contributed by atoms with E-state index in [9.17, 15) is 8.78 Å². The van der Waals surface area contributed by atoms with Gasteiger partial charge in [-0.1, -0.05) is 5.92 Å². The van der Waals surface area contributed by atoms with Gasteiger partial charge in [0.25, 0.3) is 0 Å². The molecule has 0 aliphatic rings. The minimum absolute atomic E-state index is 0.999. The SMILES string of the molecule is CC#CC(F)CF. The predicted molar refractivity (Wildman–Crippen MR) is 24.3 cm³/mol. The Kier molecular flexibility index (Phi) is 3.31. The van der Waals surface area contributed by atoms with E-state index in [1.54, 1.807) is 0 Å². The van der Waals surface area contributed by atoms with Crippen LogP contribution in [0.4, 0.5) is 8.78 Å². The van der Waals surface area contributed by atoms with Crippen molar-refractivity contribution in [2.45, 2.75) is 13.1 Å². The van der Waals surface area contributed by atoms with Crippen LogP contribution in [0.1, 0.15) is 6.92 Å². The van der Waals surface area contributed by atoms with Gasteiger partial charge in [0.2, 0.25) is 0 Å². The number of hydrogen-bond donors (Lipinski definition) is 0. The van der Waals surface area contributed by atoms with Crippen molar-refractivity contribution in [3.8, 4) is 11.8 Å². The Bertz CT molecular complexity index is 88.0. The molecule has 0 saturated heterocycles. The maximum Gasteiger partial charge on any atom is 0.188 e. The van der Waals surface area contributed by atoms with Gasteiger partial charge in [-0.15, -0.1) is 5.92 Å². The molecule has 0 fully saturated rings. The third kappa shape index (κ3) is 3.24. The van der Waals surface area contributed by atoms with Crippen LogP contribution in [0.25, 0.3) is 0 Å². The Morgan fingerprint density at radius 1 is 1.71 bits per heavy atom. The van der Waals surface area contributed by atoms with Crippen molar-refractivity contribution in [3.05, 3.63) is 0 Å². The molecule has 0 nitrogen and oxygen atoms in total. The summed E-state index contributed by atoms with van der Waals surface area (Å²) in [6, 6.07) is 0. The van der Waals surface area contributed by atoms with Gasteiger partial charge in [0.15, 0.2) is 6.17 Å². The van der Waals surface area contributed by atoms with Gasteiger partial charge in [-0.3, -0.25) is 0 Å². The first kappa shape index (κ1) is 6.42. The average Bonchev–Trinajstić information content (AvgIpc) is 1.68. The topological polar surface area (TPSA) is 0 Å². The van der Waals surface area contributed by atoms with Gasteiger partial charge >= 0.3 is 0 Å². The first-order chi connectivity index (χ1) is 3.31. The lowest BCUT2D eigenvalue weighted by molar-refractivity contribution is 0.319. The minimum Gasteiger partial charge on any atom is -0.247 e. The van der Waals surface area contributed by atoms with Crippen LogP contribution >= 0.6 is 0 Å². The highest BCUT2D eigenvalue weighted by atomic mass is 19.2. The summed E-state index contributed by atoms with van der Waals surface area (Å²) in [6.07, 6.45) is -1.58. The smallest absolute Gasteiger partial charge is 0.188 e. The quantitative estimate of drug-likeness (QED) is 0.440. The van der Waals surface area contributed by atoms with E-state index >= 15 is 0 Å². The Balaban J connectivity index is 3.29. The molecule has 0 spiro atoms. The fraction of sp³-hybridized carbons (Fsp3) is 0.600. The number of hydrogen-bond acceptors (Lipinski definition) is 0. The van der Waals surface area contributed by atoms with Gasteiger partial charge in [0, 0.05) is 0 Å². The third-order valence-corrected chi connectivity index (χ3v) is 0.436. The molecule has 0 saturated carbocycles. The summed E-state index contributed by atoms with van der Waals surface area (Å²) in [4.78, 5) is 0. The molecular formula is C5H6F2. The van der Waals surface area contributed by atoms with E-state index in [1.165, 1.54) is 6.92 Å². The molecule has 7 heavy (non-hydrogen) atoms. The molecule has 0 bridgehead atoms. The fourth-order valence-corrected chi connectivity index (χ4v) is 0.195. The Hall–Kier alpha value is -0.580. The van der Waals surface area contributed by atoms with Gasteiger partial charge in [0.1, 0.15) is 6.67 Å². The molecule has 1 atom stereocenters. The zero-order chi connectivity index (χ0) is 5.70. The van der Waals surface area contributed by atoms with Crippen LogP contribution in [0.15, 0.2) is 0 Å². The molecule has 2 heteroatoms. The fourth-order valence-electron chi connectivity index (χ4n) is 0.195. The van der Waals surface area contributed by atoms with Gasteiger partial charge < -0.3 is 0 Å². The standard InChI is InChI=1S/C5H6F2/c1-2-3-5(7)4-6/h5H,4H2,1H3. The van der Waals surface area contributed by atoms with Crippen molar-refractivity contribution < 1.29 is 8.78 Å². The number of halogens is 2. The second kappa shape index (κ2) is 3.60. The second-order valence-electron chi connectivity index (χ2n) is 1.02. The van der Waals surface area contributed by atoms with Crippen molar-refractivity contribution in [2.75, 3.05) is 6.67 Å². The van der Waals surface area contributed by atoms with Crippen molar-refractivity contribution in [3.63, 3.8) is 0 Å². The van der Waals surface area contributed by atoms with Crippen LogP contribution in [-0.4, -0.2) is 12.8 Å². The third-order valence-electron chi connectivity index (χ3n) is 0.436. The van der Waals surface area contributed by atoms with Crippen LogP contribution in [0.5, 0.6) is 0 Å². The maximum atomic E-state index is 11.6. The van der Waals surface area contributed by atoms with Crippen LogP contribution in [0.3, 0.4) is 0 Å². The van der Waals surface area contributed by atoms with E-state index in [1.807, 2.05) is 5.92 Å². The summed E-state index contributed by atoms with van der Waals surface area (Å²) in [5, 5.41) is 0. The van der Waals surface area contributed by atoms with E-state index < -0.39 is 12.8 Å². The molecular weight excluding hydrogens is 98.1 g/mol. The predicted octanol–water partition coefficient (Wildman–Crippen LogP) is 1.32. The van der Waals surface area contributed by atoms with Crippen LogP contribution in [-0.2, 0) is 0 Å². The molecule has 0 aromatic carbocycles. The normalized spacial score (nSPS) is 11.9. The number of alkyl halides is 2.